The van der Waals surface area contributed by atoms with Crippen molar-refractivity contribution in [3.05, 3.63) is 12.3 Å². The molecule has 0 aliphatic carbocycles. The topological polar surface area (TPSA) is 12.0 Å². The molecule has 0 rings (SSSR count). The smallest absolute Gasteiger partial charge is 0.0462 e. The van der Waals surface area contributed by atoms with Crippen molar-refractivity contribution < 1.29 is 0 Å². The minimum atomic E-state index is 0.921. The van der Waals surface area contributed by atoms with Crippen LogP contribution in [0.2, 0.25) is 0 Å². The predicted octanol–water partition coefficient (Wildman–Crippen LogP) is 1.42. The maximum atomic E-state index is 3.52. The molecular formula is C3H6BrN. The van der Waals surface area contributed by atoms with Crippen LogP contribution in [0.1, 0.15) is 6.92 Å². The van der Waals surface area contributed by atoms with E-state index in [-0.39, 0.29) is 0 Å². The van der Waals surface area contributed by atoms with Gasteiger partial charge in [0.05, 0.1) is 0 Å². The van der Waals surface area contributed by atoms with Crippen molar-refractivity contribution in [2.75, 3.05) is 0 Å². The van der Waals surface area contributed by atoms with Gasteiger partial charge in [-0.3, -0.25) is 0 Å². The normalized spacial score (nSPS) is 6.80. The fourth-order valence-corrected chi connectivity index (χ4v) is 0. The van der Waals surface area contributed by atoms with Crippen LogP contribution in [-0.4, -0.2) is 0 Å². The molecule has 30 valence electrons. The lowest BCUT2D eigenvalue weighted by Gasteiger charge is -1.84. The second-order valence-corrected chi connectivity index (χ2v) is 1.27. The summed E-state index contributed by atoms with van der Waals surface area (Å²) in [5.74, 6) is 0. The van der Waals surface area contributed by atoms with Crippen LogP contribution in [-0.2, 0) is 0 Å². The molecule has 0 spiro atoms. The van der Waals surface area contributed by atoms with Gasteiger partial charge >= 0.3 is 0 Å². The number of halogens is 1. The van der Waals surface area contributed by atoms with Crippen molar-refractivity contribution in [1.82, 2.24) is 4.34 Å². The first-order valence-corrected chi connectivity index (χ1v) is 2.09. The standard InChI is InChI=1S/C3H6BrN/c1-3(2)5-4/h5H,1H2,2H3. The molecule has 0 heterocycles. The molecule has 0 saturated carbocycles. The predicted molar refractivity (Wildman–Crippen MR) is 26.9 cm³/mol. The van der Waals surface area contributed by atoms with Gasteiger partial charge in [0.15, 0.2) is 0 Å². The highest BCUT2D eigenvalue weighted by molar-refractivity contribution is 9.08. The summed E-state index contributed by atoms with van der Waals surface area (Å²) in [6, 6.07) is 0. The number of nitrogens with one attached hydrogen (secondary N) is 1. The van der Waals surface area contributed by atoms with E-state index in [4.69, 9.17) is 0 Å². The Balaban J connectivity index is 2.85. The number of hydrogen-bond acceptors (Lipinski definition) is 1. The molecule has 0 aromatic rings. The Hall–Kier alpha value is 0.0200. The molecule has 0 aromatic carbocycles. The molecule has 0 saturated heterocycles. The summed E-state index contributed by atoms with van der Waals surface area (Å²) < 4.78 is 2.65. The van der Waals surface area contributed by atoms with Gasteiger partial charge in [0.1, 0.15) is 0 Å². The SMILES string of the molecule is C=C(C)NBr. The Bertz CT molecular complexity index is 42.2. The van der Waals surface area contributed by atoms with Gasteiger partial charge in [-0.05, 0) is 6.92 Å². The van der Waals surface area contributed by atoms with Crippen LogP contribution in [0, 0.1) is 0 Å². The lowest BCUT2D eigenvalue weighted by molar-refractivity contribution is 1.25. The number of allylic oxidation sites excluding steroid dienone is 1. The van der Waals surface area contributed by atoms with Crippen LogP contribution >= 0.6 is 16.1 Å². The van der Waals surface area contributed by atoms with Gasteiger partial charge in [0.25, 0.3) is 0 Å². The van der Waals surface area contributed by atoms with E-state index in [2.05, 4.69) is 27.1 Å². The molecular weight excluding hydrogens is 130 g/mol. The third kappa shape index (κ3) is 4.02. The summed E-state index contributed by atoms with van der Waals surface area (Å²) in [5, 5.41) is 0. The fraction of sp³-hybridized carbons (Fsp3) is 0.333. The van der Waals surface area contributed by atoms with Crippen molar-refractivity contribution >= 4 is 16.1 Å². The van der Waals surface area contributed by atoms with Gasteiger partial charge in [0.2, 0.25) is 0 Å². The Morgan fingerprint density at radius 3 is 2.20 bits per heavy atom. The second-order valence-electron chi connectivity index (χ2n) is 0.875. The van der Waals surface area contributed by atoms with Crippen LogP contribution in [0.3, 0.4) is 0 Å². The van der Waals surface area contributed by atoms with E-state index in [1.54, 1.807) is 0 Å². The molecule has 1 N–H and O–H groups in total. The first-order valence-electron chi connectivity index (χ1n) is 1.29. The van der Waals surface area contributed by atoms with Crippen molar-refractivity contribution in [1.29, 1.82) is 0 Å². The molecule has 0 aliphatic heterocycles. The average molecular weight is 136 g/mol. The summed E-state index contributed by atoms with van der Waals surface area (Å²) in [4.78, 5) is 0. The van der Waals surface area contributed by atoms with Gasteiger partial charge in [-0.2, -0.15) is 0 Å². The van der Waals surface area contributed by atoms with E-state index >= 15 is 0 Å². The van der Waals surface area contributed by atoms with E-state index in [9.17, 15) is 0 Å². The first-order chi connectivity index (χ1) is 2.27. The van der Waals surface area contributed by atoms with Crippen LogP contribution < -0.4 is 4.34 Å². The molecule has 0 aromatic heterocycles. The van der Waals surface area contributed by atoms with Crippen molar-refractivity contribution in [2.24, 2.45) is 0 Å². The molecule has 0 fully saturated rings. The van der Waals surface area contributed by atoms with E-state index in [1.807, 2.05) is 6.92 Å². The largest absolute Gasteiger partial charge is 0.327 e. The van der Waals surface area contributed by atoms with Crippen LogP contribution in [0.25, 0.3) is 0 Å². The van der Waals surface area contributed by atoms with Crippen LogP contribution in [0.5, 0.6) is 0 Å². The van der Waals surface area contributed by atoms with Crippen molar-refractivity contribution in [3.8, 4) is 0 Å². The third-order valence-electron chi connectivity index (χ3n) is 0.161. The van der Waals surface area contributed by atoms with Crippen LogP contribution in [0.15, 0.2) is 12.3 Å². The molecule has 0 aliphatic rings. The van der Waals surface area contributed by atoms with Gasteiger partial charge in [0, 0.05) is 21.8 Å². The van der Waals surface area contributed by atoms with Crippen LogP contribution in [0.4, 0.5) is 0 Å². The number of hydrogen-bond donors (Lipinski definition) is 1. The maximum absolute atomic E-state index is 3.52. The number of rotatable bonds is 1. The zero-order valence-corrected chi connectivity index (χ0v) is 4.67. The minimum Gasteiger partial charge on any atom is -0.327 e. The Morgan fingerprint density at radius 2 is 2.20 bits per heavy atom. The molecule has 0 unspecified atom stereocenters. The molecule has 5 heavy (non-hydrogen) atoms. The summed E-state index contributed by atoms with van der Waals surface area (Å²) in [7, 11) is 0. The van der Waals surface area contributed by atoms with Gasteiger partial charge in [-0.15, -0.1) is 0 Å². The summed E-state index contributed by atoms with van der Waals surface area (Å²) in [6.07, 6.45) is 0. The summed E-state index contributed by atoms with van der Waals surface area (Å²) in [5.41, 5.74) is 0.921. The Labute approximate surface area is 40.4 Å². The van der Waals surface area contributed by atoms with E-state index < -0.39 is 0 Å². The van der Waals surface area contributed by atoms with E-state index in [0.717, 1.165) is 5.70 Å². The Kier molecular flexibility index (Phi) is 2.28. The highest BCUT2D eigenvalue weighted by atomic mass is 79.9. The Morgan fingerprint density at radius 1 is 2.00 bits per heavy atom. The molecule has 0 amide bonds. The van der Waals surface area contributed by atoms with Gasteiger partial charge < -0.3 is 4.34 Å². The van der Waals surface area contributed by atoms with E-state index in [0.29, 0.717) is 0 Å². The zero-order valence-electron chi connectivity index (χ0n) is 3.09. The lowest BCUT2D eigenvalue weighted by atomic mass is 10.6. The molecule has 1 nitrogen and oxygen atoms in total. The monoisotopic (exact) mass is 135 g/mol. The van der Waals surface area contributed by atoms with Crippen molar-refractivity contribution in [2.45, 2.75) is 6.92 Å². The zero-order chi connectivity index (χ0) is 4.28. The quantitative estimate of drug-likeness (QED) is 0.537. The minimum absolute atomic E-state index is 0.921. The molecule has 2 heteroatoms. The fourth-order valence-electron chi connectivity index (χ4n) is 0. The first kappa shape index (κ1) is 5.02. The second kappa shape index (κ2) is 2.27. The summed E-state index contributed by atoms with van der Waals surface area (Å²) >= 11 is 2.96. The molecule has 0 radical (unpaired) electrons. The third-order valence-corrected chi connectivity index (χ3v) is 0.838. The highest BCUT2D eigenvalue weighted by Gasteiger charge is 1.65. The maximum Gasteiger partial charge on any atom is 0.0462 e. The average Bonchev–Trinajstić information content (AvgIpc) is 1.38. The van der Waals surface area contributed by atoms with Gasteiger partial charge in [-0.25, -0.2) is 0 Å². The summed E-state index contributed by atoms with van der Waals surface area (Å²) in [6.45, 7) is 5.39. The van der Waals surface area contributed by atoms with E-state index in [1.165, 1.54) is 0 Å². The molecule has 0 bridgehead atoms. The van der Waals surface area contributed by atoms with Crippen molar-refractivity contribution in [3.63, 3.8) is 0 Å². The lowest BCUT2D eigenvalue weighted by Crippen LogP contribution is -1.86. The molecule has 0 atom stereocenters. The van der Waals surface area contributed by atoms with Gasteiger partial charge in [-0.1, -0.05) is 6.58 Å². The highest BCUT2D eigenvalue weighted by Crippen LogP contribution is 1.78.